The minimum absolute atomic E-state index is 0.126. The van der Waals surface area contributed by atoms with Crippen molar-refractivity contribution in [3.05, 3.63) is 28.2 Å². The quantitative estimate of drug-likeness (QED) is 0.669. The van der Waals surface area contributed by atoms with Crippen molar-refractivity contribution in [3.63, 3.8) is 0 Å². The van der Waals surface area contributed by atoms with Crippen molar-refractivity contribution in [1.82, 2.24) is 4.98 Å². The van der Waals surface area contributed by atoms with E-state index in [1.807, 2.05) is 6.92 Å². The summed E-state index contributed by atoms with van der Waals surface area (Å²) in [5.41, 5.74) is 5.88. The zero-order valence-corrected chi connectivity index (χ0v) is 9.49. The smallest absolute Gasteiger partial charge is 0.223 e. The highest BCUT2D eigenvalue weighted by Gasteiger charge is 2.01. The molecule has 1 aromatic heterocycles. The maximum absolute atomic E-state index is 11.6. The Balaban J connectivity index is 2.56. The molecule has 0 atom stereocenters. The first-order chi connectivity index (χ1) is 7.77. The van der Waals surface area contributed by atoms with Crippen LogP contribution < -0.4 is 15.9 Å². The molecule has 5 heteroatoms. The molecule has 0 radical (unpaired) electrons. The molecule has 0 aliphatic carbocycles. The van der Waals surface area contributed by atoms with Crippen molar-refractivity contribution < 1.29 is 9.47 Å². The lowest BCUT2D eigenvalue weighted by atomic mass is 10.3. The number of H-pyrrole nitrogens is 1. The van der Waals surface area contributed by atoms with Crippen LogP contribution in [0, 0.1) is 0 Å². The fourth-order valence-corrected chi connectivity index (χ4v) is 1.17. The van der Waals surface area contributed by atoms with E-state index >= 15 is 0 Å². The molecule has 3 N–H and O–H groups in total. The molecule has 90 valence electrons. The lowest BCUT2D eigenvalue weighted by molar-refractivity contribution is 0.125. The summed E-state index contributed by atoms with van der Waals surface area (Å²) >= 11 is 0. The largest absolute Gasteiger partial charge is 0.488 e. The summed E-state index contributed by atoms with van der Waals surface area (Å²) in [6.45, 7) is 3.86. The Morgan fingerprint density at radius 3 is 2.88 bits per heavy atom. The van der Waals surface area contributed by atoms with Gasteiger partial charge in [0, 0.05) is 24.5 Å². The predicted molar refractivity (Wildman–Crippen MR) is 61.6 cm³/mol. The van der Waals surface area contributed by atoms with Crippen LogP contribution >= 0.6 is 0 Å². The fourth-order valence-electron chi connectivity index (χ4n) is 1.17. The van der Waals surface area contributed by atoms with E-state index in [1.54, 1.807) is 6.20 Å². The van der Waals surface area contributed by atoms with Crippen molar-refractivity contribution in [3.8, 4) is 5.75 Å². The van der Waals surface area contributed by atoms with Gasteiger partial charge in [-0.1, -0.05) is 6.92 Å². The van der Waals surface area contributed by atoms with E-state index < -0.39 is 0 Å². The first-order valence-corrected chi connectivity index (χ1v) is 5.40. The van der Waals surface area contributed by atoms with Gasteiger partial charge in [0.15, 0.2) is 5.75 Å². The van der Waals surface area contributed by atoms with E-state index in [2.05, 4.69) is 4.98 Å². The summed E-state index contributed by atoms with van der Waals surface area (Å²) in [6, 6.07) is 1.49. The van der Waals surface area contributed by atoms with Crippen LogP contribution in [0.15, 0.2) is 17.1 Å². The number of pyridine rings is 1. The number of hydrogen-bond donors (Lipinski definition) is 2. The van der Waals surface area contributed by atoms with Crippen LogP contribution in [0.3, 0.4) is 0 Å². The molecule has 0 amide bonds. The molecule has 1 heterocycles. The predicted octanol–water partition coefficient (Wildman–Crippen LogP) is 0.639. The Morgan fingerprint density at radius 2 is 2.25 bits per heavy atom. The molecule has 0 spiro atoms. The first-order valence-electron chi connectivity index (χ1n) is 5.40. The van der Waals surface area contributed by atoms with Crippen LogP contribution in [0.5, 0.6) is 5.75 Å². The molecular weight excluding hydrogens is 208 g/mol. The van der Waals surface area contributed by atoms with Gasteiger partial charge in [-0.15, -0.1) is 0 Å². The van der Waals surface area contributed by atoms with E-state index in [0.717, 1.165) is 12.1 Å². The van der Waals surface area contributed by atoms with E-state index in [9.17, 15) is 4.79 Å². The summed E-state index contributed by atoms with van der Waals surface area (Å²) in [7, 11) is 0. The normalized spacial score (nSPS) is 10.4. The Labute approximate surface area is 94.6 Å². The topological polar surface area (TPSA) is 77.3 Å². The second-order valence-corrected chi connectivity index (χ2v) is 3.38. The van der Waals surface area contributed by atoms with Gasteiger partial charge >= 0.3 is 0 Å². The molecule has 5 nitrogen and oxygen atoms in total. The Bertz CT molecular complexity index is 362. The van der Waals surface area contributed by atoms with Crippen LogP contribution in [0.1, 0.15) is 19.0 Å². The third-order valence-electron chi connectivity index (χ3n) is 1.92. The highest BCUT2D eigenvalue weighted by Crippen LogP contribution is 2.03. The first kappa shape index (κ1) is 12.7. The lowest BCUT2D eigenvalue weighted by Gasteiger charge is -2.06. The standard InChI is InChI=1S/C11H18N2O3/c1-2-4-16-11-7-13-9(6-10(11)14)8-15-5-3-12/h6-7H,2-5,8,12H2,1H3,(H,13,14). The highest BCUT2D eigenvalue weighted by molar-refractivity contribution is 5.19. The molecule has 1 rings (SSSR count). The minimum Gasteiger partial charge on any atom is -0.488 e. The zero-order valence-electron chi connectivity index (χ0n) is 9.49. The summed E-state index contributed by atoms with van der Waals surface area (Å²) in [4.78, 5) is 14.5. The molecule has 0 saturated heterocycles. The molecule has 0 unspecified atom stereocenters. The Morgan fingerprint density at radius 1 is 1.44 bits per heavy atom. The highest BCUT2D eigenvalue weighted by atomic mass is 16.5. The molecule has 0 bridgehead atoms. The average molecular weight is 226 g/mol. The average Bonchev–Trinajstić information content (AvgIpc) is 2.28. The summed E-state index contributed by atoms with van der Waals surface area (Å²) < 4.78 is 10.5. The van der Waals surface area contributed by atoms with E-state index in [1.165, 1.54) is 6.07 Å². The molecule has 0 fully saturated rings. The maximum Gasteiger partial charge on any atom is 0.223 e. The van der Waals surface area contributed by atoms with Crippen LogP contribution in [-0.2, 0) is 11.3 Å². The number of rotatable bonds is 7. The Kier molecular flexibility index (Phi) is 5.60. The van der Waals surface area contributed by atoms with Crippen molar-refractivity contribution >= 4 is 0 Å². The van der Waals surface area contributed by atoms with Crippen LogP contribution in [0.4, 0.5) is 0 Å². The van der Waals surface area contributed by atoms with Crippen molar-refractivity contribution in [2.75, 3.05) is 19.8 Å². The van der Waals surface area contributed by atoms with Gasteiger partial charge in [-0.3, -0.25) is 4.79 Å². The molecular formula is C11H18N2O3. The van der Waals surface area contributed by atoms with Gasteiger partial charge in [0.2, 0.25) is 5.43 Å². The van der Waals surface area contributed by atoms with Crippen molar-refractivity contribution in [1.29, 1.82) is 0 Å². The molecule has 0 aromatic carbocycles. The van der Waals surface area contributed by atoms with Crippen LogP contribution in [0.2, 0.25) is 0 Å². The molecule has 0 aliphatic rings. The van der Waals surface area contributed by atoms with Gasteiger partial charge in [0.25, 0.3) is 0 Å². The fraction of sp³-hybridized carbons (Fsp3) is 0.545. The second kappa shape index (κ2) is 7.03. The number of aromatic amines is 1. The van der Waals surface area contributed by atoms with Gasteiger partial charge in [0.05, 0.1) is 19.8 Å². The van der Waals surface area contributed by atoms with Gasteiger partial charge in [-0.05, 0) is 6.42 Å². The minimum atomic E-state index is -0.126. The number of aromatic nitrogens is 1. The van der Waals surface area contributed by atoms with Crippen LogP contribution in [0.25, 0.3) is 0 Å². The van der Waals surface area contributed by atoms with E-state index in [4.69, 9.17) is 15.2 Å². The van der Waals surface area contributed by atoms with E-state index in [-0.39, 0.29) is 5.43 Å². The third kappa shape index (κ3) is 4.04. The van der Waals surface area contributed by atoms with Gasteiger partial charge in [-0.25, -0.2) is 0 Å². The monoisotopic (exact) mass is 226 g/mol. The second-order valence-electron chi connectivity index (χ2n) is 3.38. The number of nitrogens with two attached hydrogens (primary N) is 1. The summed E-state index contributed by atoms with van der Waals surface area (Å²) in [6.07, 6.45) is 2.44. The molecule has 0 aliphatic heterocycles. The Hall–Kier alpha value is -1.33. The molecule has 16 heavy (non-hydrogen) atoms. The third-order valence-corrected chi connectivity index (χ3v) is 1.92. The summed E-state index contributed by atoms with van der Waals surface area (Å²) in [5, 5.41) is 0. The lowest BCUT2D eigenvalue weighted by Crippen LogP contribution is -2.12. The number of nitrogens with one attached hydrogen (secondary N) is 1. The van der Waals surface area contributed by atoms with Crippen molar-refractivity contribution in [2.24, 2.45) is 5.73 Å². The van der Waals surface area contributed by atoms with Gasteiger partial charge in [0.1, 0.15) is 0 Å². The SMILES string of the molecule is CCCOc1c[nH]c(COCCN)cc1=O. The van der Waals surface area contributed by atoms with Crippen molar-refractivity contribution in [2.45, 2.75) is 20.0 Å². The zero-order chi connectivity index (χ0) is 11.8. The number of ether oxygens (including phenoxy) is 2. The summed E-state index contributed by atoms with van der Waals surface area (Å²) in [5.74, 6) is 0.351. The van der Waals surface area contributed by atoms with Gasteiger partial charge < -0.3 is 20.2 Å². The number of hydrogen-bond acceptors (Lipinski definition) is 4. The van der Waals surface area contributed by atoms with E-state index in [0.29, 0.717) is 32.1 Å². The van der Waals surface area contributed by atoms with Gasteiger partial charge in [-0.2, -0.15) is 0 Å². The maximum atomic E-state index is 11.6. The molecule has 0 saturated carbocycles. The molecule has 1 aromatic rings. The van der Waals surface area contributed by atoms with Crippen LogP contribution in [-0.4, -0.2) is 24.7 Å².